The van der Waals surface area contributed by atoms with Crippen LogP contribution >= 0.6 is 11.6 Å². The van der Waals surface area contributed by atoms with Gasteiger partial charge in [0, 0.05) is 10.7 Å². The summed E-state index contributed by atoms with van der Waals surface area (Å²) in [5.41, 5.74) is 3.91. The van der Waals surface area contributed by atoms with Gasteiger partial charge >= 0.3 is 6.18 Å². The predicted octanol–water partition coefficient (Wildman–Crippen LogP) is 3.18. The highest BCUT2D eigenvalue weighted by Crippen LogP contribution is 2.34. The van der Waals surface area contributed by atoms with Crippen LogP contribution in [0.15, 0.2) is 18.2 Å². The maximum Gasteiger partial charge on any atom is 0.416 e. The van der Waals surface area contributed by atoms with Gasteiger partial charge < -0.3 is 11.1 Å². The Hall–Kier alpha value is -1.27. The number of benzene rings is 1. The average Bonchev–Trinajstić information content (AvgIpc) is 2.23. The summed E-state index contributed by atoms with van der Waals surface area (Å²) in [6.07, 6.45) is -2.61. The van der Waals surface area contributed by atoms with Crippen molar-refractivity contribution in [2.75, 3.05) is 5.32 Å². The number of nitrogens with two attached hydrogens (primary N) is 1. The molecule has 1 aliphatic rings. The summed E-state index contributed by atoms with van der Waals surface area (Å²) >= 11 is 5.62. The number of carbonyl (C=O) groups excluding carboxylic acids is 1. The number of anilines is 1. The van der Waals surface area contributed by atoms with Gasteiger partial charge in [-0.25, -0.2) is 0 Å². The van der Waals surface area contributed by atoms with Gasteiger partial charge in [0.05, 0.1) is 11.1 Å². The lowest BCUT2D eigenvalue weighted by molar-refractivity contribution is -0.137. The molecule has 1 amide bonds. The molecule has 3 N–H and O–H groups in total. The second-order valence-electron chi connectivity index (χ2n) is 4.69. The summed E-state index contributed by atoms with van der Waals surface area (Å²) < 4.78 is 37.8. The molecule has 0 bridgehead atoms. The molecule has 0 unspecified atom stereocenters. The zero-order valence-electron chi connectivity index (χ0n) is 9.85. The summed E-state index contributed by atoms with van der Waals surface area (Å²) in [6.45, 7) is 0. The first-order valence-corrected chi connectivity index (χ1v) is 6.07. The zero-order chi connectivity index (χ0) is 14.3. The highest BCUT2D eigenvalue weighted by Gasteiger charge is 2.40. The van der Waals surface area contributed by atoms with Gasteiger partial charge in [-0.3, -0.25) is 4.79 Å². The predicted molar refractivity (Wildman–Crippen MR) is 65.9 cm³/mol. The minimum Gasteiger partial charge on any atom is -0.324 e. The molecule has 0 heterocycles. The van der Waals surface area contributed by atoms with Gasteiger partial charge in [-0.2, -0.15) is 13.2 Å². The molecule has 7 heteroatoms. The molecule has 0 atom stereocenters. The van der Waals surface area contributed by atoms with Crippen LogP contribution in [0.2, 0.25) is 5.02 Å². The third-order valence-corrected chi connectivity index (χ3v) is 3.40. The maximum atomic E-state index is 12.6. The van der Waals surface area contributed by atoms with E-state index in [0.717, 1.165) is 18.6 Å². The molecule has 0 radical (unpaired) electrons. The molecule has 0 saturated heterocycles. The third-order valence-electron chi connectivity index (χ3n) is 3.18. The standard InChI is InChI=1S/C12H12ClF3N2O/c13-8-4-7(12(14,15)16)5-9(6-8)18-10(19)11(17)2-1-3-11/h4-6H,1-3,17H2,(H,18,19). The topological polar surface area (TPSA) is 55.1 Å². The van der Waals surface area contributed by atoms with Crippen molar-refractivity contribution in [2.45, 2.75) is 31.0 Å². The molecule has 1 aromatic rings. The average molecular weight is 293 g/mol. The van der Waals surface area contributed by atoms with E-state index in [1.54, 1.807) is 0 Å². The van der Waals surface area contributed by atoms with Crippen molar-refractivity contribution in [1.82, 2.24) is 0 Å². The van der Waals surface area contributed by atoms with Crippen LogP contribution in [-0.2, 0) is 11.0 Å². The van der Waals surface area contributed by atoms with E-state index in [2.05, 4.69) is 5.32 Å². The maximum absolute atomic E-state index is 12.6. The Morgan fingerprint density at radius 2 is 1.95 bits per heavy atom. The number of rotatable bonds is 2. The number of hydrogen-bond acceptors (Lipinski definition) is 2. The molecule has 1 aliphatic carbocycles. The molecule has 0 aromatic heterocycles. The zero-order valence-corrected chi connectivity index (χ0v) is 10.6. The Kier molecular flexibility index (Phi) is 3.49. The molecular formula is C12H12ClF3N2O. The Balaban J connectivity index is 2.21. The molecule has 3 nitrogen and oxygen atoms in total. The Labute approximate surface area is 112 Å². The number of nitrogens with one attached hydrogen (secondary N) is 1. The lowest BCUT2D eigenvalue weighted by Crippen LogP contribution is -2.56. The normalized spacial score (nSPS) is 17.7. The molecule has 1 aromatic carbocycles. The van der Waals surface area contributed by atoms with Crippen LogP contribution in [0.3, 0.4) is 0 Å². The first-order chi connectivity index (χ1) is 8.71. The van der Waals surface area contributed by atoms with Crippen molar-refractivity contribution in [2.24, 2.45) is 5.73 Å². The molecule has 1 fully saturated rings. The van der Waals surface area contributed by atoms with Crippen LogP contribution in [0.4, 0.5) is 18.9 Å². The van der Waals surface area contributed by atoms with Gasteiger partial charge in [-0.15, -0.1) is 0 Å². The van der Waals surface area contributed by atoms with Gasteiger partial charge in [0.15, 0.2) is 0 Å². The monoisotopic (exact) mass is 292 g/mol. The van der Waals surface area contributed by atoms with E-state index >= 15 is 0 Å². The largest absolute Gasteiger partial charge is 0.416 e. The molecule has 0 aliphatic heterocycles. The Morgan fingerprint density at radius 3 is 2.42 bits per heavy atom. The van der Waals surface area contributed by atoms with Crippen molar-refractivity contribution in [3.63, 3.8) is 0 Å². The fourth-order valence-electron chi connectivity index (χ4n) is 1.87. The van der Waals surface area contributed by atoms with Gasteiger partial charge in [0.1, 0.15) is 0 Å². The number of carbonyl (C=O) groups is 1. The van der Waals surface area contributed by atoms with E-state index in [1.807, 2.05) is 0 Å². The Bertz CT molecular complexity index is 512. The van der Waals surface area contributed by atoms with E-state index in [9.17, 15) is 18.0 Å². The lowest BCUT2D eigenvalue weighted by atomic mass is 9.77. The van der Waals surface area contributed by atoms with E-state index in [4.69, 9.17) is 17.3 Å². The first kappa shape index (κ1) is 14.1. The Morgan fingerprint density at radius 1 is 1.32 bits per heavy atom. The van der Waals surface area contributed by atoms with Crippen molar-refractivity contribution in [1.29, 1.82) is 0 Å². The van der Waals surface area contributed by atoms with Crippen LogP contribution in [0, 0.1) is 0 Å². The van der Waals surface area contributed by atoms with Crippen LogP contribution in [0.25, 0.3) is 0 Å². The van der Waals surface area contributed by atoms with Crippen molar-refractivity contribution < 1.29 is 18.0 Å². The summed E-state index contributed by atoms with van der Waals surface area (Å²) in [5.74, 6) is -0.478. The van der Waals surface area contributed by atoms with Gasteiger partial charge in [0.25, 0.3) is 0 Å². The lowest BCUT2D eigenvalue weighted by Gasteiger charge is -2.36. The quantitative estimate of drug-likeness (QED) is 0.879. The molecule has 19 heavy (non-hydrogen) atoms. The highest BCUT2D eigenvalue weighted by molar-refractivity contribution is 6.31. The third kappa shape index (κ3) is 3.01. The van der Waals surface area contributed by atoms with E-state index < -0.39 is 23.2 Å². The van der Waals surface area contributed by atoms with Crippen LogP contribution in [0.1, 0.15) is 24.8 Å². The number of alkyl halides is 3. The molecule has 0 spiro atoms. The summed E-state index contributed by atoms with van der Waals surface area (Å²) in [5, 5.41) is 2.30. The molecule has 1 saturated carbocycles. The summed E-state index contributed by atoms with van der Waals surface area (Å²) in [6, 6.07) is 2.90. The second kappa shape index (κ2) is 4.68. The number of halogens is 4. The van der Waals surface area contributed by atoms with Crippen LogP contribution in [0.5, 0.6) is 0 Å². The molecule has 2 rings (SSSR count). The fourth-order valence-corrected chi connectivity index (χ4v) is 2.10. The van der Waals surface area contributed by atoms with E-state index in [-0.39, 0.29) is 10.7 Å². The second-order valence-corrected chi connectivity index (χ2v) is 5.13. The number of hydrogen-bond donors (Lipinski definition) is 2. The van der Waals surface area contributed by atoms with Crippen molar-refractivity contribution in [3.8, 4) is 0 Å². The van der Waals surface area contributed by atoms with Crippen LogP contribution < -0.4 is 11.1 Å². The van der Waals surface area contributed by atoms with Gasteiger partial charge in [-0.1, -0.05) is 11.6 Å². The van der Waals surface area contributed by atoms with E-state index in [1.165, 1.54) is 6.07 Å². The van der Waals surface area contributed by atoms with Gasteiger partial charge in [0.2, 0.25) is 5.91 Å². The molecular weight excluding hydrogens is 281 g/mol. The summed E-state index contributed by atoms with van der Waals surface area (Å²) in [4.78, 5) is 11.8. The first-order valence-electron chi connectivity index (χ1n) is 5.69. The van der Waals surface area contributed by atoms with Crippen molar-refractivity contribution in [3.05, 3.63) is 28.8 Å². The fraction of sp³-hybridized carbons (Fsp3) is 0.417. The minimum atomic E-state index is -4.51. The van der Waals surface area contributed by atoms with Crippen LogP contribution in [-0.4, -0.2) is 11.4 Å². The highest BCUT2D eigenvalue weighted by atomic mass is 35.5. The SMILES string of the molecule is NC1(C(=O)Nc2cc(Cl)cc(C(F)(F)F)c2)CCC1. The minimum absolute atomic E-state index is 0.00144. The van der Waals surface area contributed by atoms with Gasteiger partial charge in [-0.05, 0) is 37.5 Å². The summed E-state index contributed by atoms with van der Waals surface area (Å²) in [7, 11) is 0. The molecule has 104 valence electrons. The van der Waals surface area contributed by atoms with E-state index in [0.29, 0.717) is 12.8 Å². The smallest absolute Gasteiger partial charge is 0.324 e. The number of amides is 1. The van der Waals surface area contributed by atoms with Crippen molar-refractivity contribution >= 4 is 23.2 Å².